The van der Waals surface area contributed by atoms with Crippen LogP contribution in [0.2, 0.25) is 0 Å². The summed E-state index contributed by atoms with van der Waals surface area (Å²) in [6.45, 7) is 2.57. The highest BCUT2D eigenvalue weighted by atomic mass is 32.2. The minimum Gasteiger partial charge on any atom is -0.383 e. The summed E-state index contributed by atoms with van der Waals surface area (Å²) in [5.41, 5.74) is 5.50. The SMILES string of the molecule is CCCCCN(C)S(=O)(=O)c1cn[nH]c1N. The molecule has 0 saturated heterocycles. The van der Waals surface area contributed by atoms with Gasteiger partial charge in [0.1, 0.15) is 10.7 Å². The summed E-state index contributed by atoms with van der Waals surface area (Å²) in [6.07, 6.45) is 4.16. The molecule has 0 spiro atoms. The van der Waals surface area contributed by atoms with Crippen molar-refractivity contribution in [3.63, 3.8) is 0 Å². The third-order valence-corrected chi connectivity index (χ3v) is 4.28. The first-order valence-electron chi connectivity index (χ1n) is 5.25. The molecule has 92 valence electrons. The molecule has 0 bridgehead atoms. The Hall–Kier alpha value is -1.08. The molecule has 1 aromatic heterocycles. The first kappa shape index (κ1) is 13.0. The molecule has 0 aromatic carbocycles. The van der Waals surface area contributed by atoms with Gasteiger partial charge in [0.15, 0.2) is 0 Å². The number of nitrogen functional groups attached to an aromatic ring is 1. The Morgan fingerprint density at radius 3 is 2.69 bits per heavy atom. The van der Waals surface area contributed by atoms with E-state index in [-0.39, 0.29) is 10.7 Å². The Kier molecular flexibility index (Phi) is 4.31. The standard InChI is InChI=1S/C9H18N4O2S/c1-3-4-5-6-13(2)16(14,15)8-7-11-12-9(8)10/h7H,3-6H2,1-2H3,(H3,10,11,12). The Morgan fingerprint density at radius 1 is 1.50 bits per heavy atom. The predicted molar refractivity (Wildman–Crippen MR) is 62.3 cm³/mol. The van der Waals surface area contributed by atoms with E-state index in [1.165, 1.54) is 10.5 Å². The number of aromatic amines is 1. The molecule has 0 aliphatic carbocycles. The first-order chi connectivity index (χ1) is 7.50. The zero-order valence-corrected chi connectivity index (χ0v) is 10.4. The van der Waals surface area contributed by atoms with Crippen molar-refractivity contribution in [2.75, 3.05) is 19.3 Å². The fourth-order valence-electron chi connectivity index (χ4n) is 1.36. The normalized spacial score (nSPS) is 12.2. The fraction of sp³-hybridized carbons (Fsp3) is 0.667. The van der Waals surface area contributed by atoms with Crippen LogP contribution in [-0.2, 0) is 10.0 Å². The number of unbranched alkanes of at least 4 members (excludes halogenated alkanes) is 2. The molecule has 0 aliphatic heterocycles. The molecular formula is C9H18N4O2S. The number of hydrogen-bond acceptors (Lipinski definition) is 4. The number of aromatic nitrogens is 2. The van der Waals surface area contributed by atoms with Crippen LogP contribution < -0.4 is 5.73 Å². The maximum atomic E-state index is 12.0. The highest BCUT2D eigenvalue weighted by Crippen LogP contribution is 2.18. The third-order valence-electron chi connectivity index (χ3n) is 2.40. The van der Waals surface area contributed by atoms with Gasteiger partial charge in [-0.2, -0.15) is 5.10 Å². The van der Waals surface area contributed by atoms with Crippen LogP contribution in [0.15, 0.2) is 11.1 Å². The maximum absolute atomic E-state index is 12.0. The van der Waals surface area contributed by atoms with E-state index in [1.54, 1.807) is 7.05 Å². The van der Waals surface area contributed by atoms with E-state index in [2.05, 4.69) is 17.1 Å². The second-order valence-corrected chi connectivity index (χ2v) is 5.69. The first-order valence-corrected chi connectivity index (χ1v) is 6.69. The second-order valence-electron chi connectivity index (χ2n) is 3.68. The van der Waals surface area contributed by atoms with Crippen molar-refractivity contribution in [3.05, 3.63) is 6.20 Å². The summed E-state index contributed by atoms with van der Waals surface area (Å²) in [5, 5.41) is 6.03. The Balaban J connectivity index is 2.75. The van der Waals surface area contributed by atoms with Crippen LogP contribution in [0.1, 0.15) is 26.2 Å². The van der Waals surface area contributed by atoms with Crippen LogP contribution in [0.5, 0.6) is 0 Å². The average molecular weight is 246 g/mol. The van der Waals surface area contributed by atoms with Crippen LogP contribution in [0.4, 0.5) is 5.82 Å². The van der Waals surface area contributed by atoms with Gasteiger partial charge < -0.3 is 5.73 Å². The average Bonchev–Trinajstić information content (AvgIpc) is 2.65. The summed E-state index contributed by atoms with van der Waals surface area (Å²) in [4.78, 5) is 0.0477. The lowest BCUT2D eigenvalue weighted by Crippen LogP contribution is -2.28. The Labute approximate surface area is 95.9 Å². The number of nitrogens with two attached hydrogens (primary N) is 1. The van der Waals surface area contributed by atoms with Gasteiger partial charge in [0.05, 0.1) is 6.20 Å². The highest BCUT2D eigenvalue weighted by molar-refractivity contribution is 7.89. The Morgan fingerprint density at radius 2 is 2.19 bits per heavy atom. The van der Waals surface area contributed by atoms with Crippen molar-refractivity contribution in [1.82, 2.24) is 14.5 Å². The molecule has 0 radical (unpaired) electrons. The summed E-state index contributed by atoms with van der Waals surface area (Å²) in [6, 6.07) is 0. The zero-order chi connectivity index (χ0) is 12.2. The molecule has 3 N–H and O–H groups in total. The molecular weight excluding hydrogens is 228 g/mol. The molecule has 7 heteroatoms. The number of H-pyrrole nitrogens is 1. The van der Waals surface area contributed by atoms with E-state index in [1.807, 2.05) is 0 Å². The van der Waals surface area contributed by atoms with Gasteiger partial charge >= 0.3 is 0 Å². The molecule has 1 aromatic rings. The monoisotopic (exact) mass is 246 g/mol. The lowest BCUT2D eigenvalue weighted by atomic mass is 10.2. The summed E-state index contributed by atoms with van der Waals surface area (Å²) < 4.78 is 25.3. The number of rotatable bonds is 6. The lowest BCUT2D eigenvalue weighted by molar-refractivity contribution is 0.454. The van der Waals surface area contributed by atoms with Crippen LogP contribution >= 0.6 is 0 Å². The molecule has 0 saturated carbocycles. The minimum atomic E-state index is -3.49. The van der Waals surface area contributed by atoms with Crippen molar-refractivity contribution < 1.29 is 8.42 Å². The van der Waals surface area contributed by atoms with Crippen LogP contribution in [-0.4, -0.2) is 36.5 Å². The topological polar surface area (TPSA) is 92.1 Å². The zero-order valence-electron chi connectivity index (χ0n) is 9.60. The van der Waals surface area contributed by atoms with Gasteiger partial charge in [0, 0.05) is 13.6 Å². The number of nitrogens with one attached hydrogen (secondary N) is 1. The predicted octanol–water partition coefficient (Wildman–Crippen LogP) is 0.803. The van der Waals surface area contributed by atoms with Crippen LogP contribution in [0, 0.1) is 0 Å². The molecule has 6 nitrogen and oxygen atoms in total. The van der Waals surface area contributed by atoms with Gasteiger partial charge in [0.2, 0.25) is 10.0 Å². The van der Waals surface area contributed by atoms with Gasteiger partial charge in [-0.1, -0.05) is 19.8 Å². The minimum absolute atomic E-state index is 0.0477. The molecule has 16 heavy (non-hydrogen) atoms. The Bertz CT molecular complexity index is 426. The van der Waals surface area contributed by atoms with Crippen molar-refractivity contribution in [1.29, 1.82) is 0 Å². The summed E-state index contributed by atoms with van der Waals surface area (Å²) >= 11 is 0. The van der Waals surface area contributed by atoms with Gasteiger partial charge in [-0.25, -0.2) is 12.7 Å². The molecule has 0 fully saturated rings. The van der Waals surface area contributed by atoms with E-state index in [4.69, 9.17) is 5.73 Å². The number of sulfonamides is 1. The largest absolute Gasteiger partial charge is 0.383 e. The van der Waals surface area contributed by atoms with E-state index in [0.717, 1.165) is 19.3 Å². The van der Waals surface area contributed by atoms with E-state index in [0.29, 0.717) is 6.54 Å². The van der Waals surface area contributed by atoms with Gasteiger partial charge in [-0.15, -0.1) is 0 Å². The van der Waals surface area contributed by atoms with Crippen LogP contribution in [0.3, 0.4) is 0 Å². The van der Waals surface area contributed by atoms with Crippen molar-refractivity contribution in [2.24, 2.45) is 0 Å². The van der Waals surface area contributed by atoms with Crippen LogP contribution in [0.25, 0.3) is 0 Å². The lowest BCUT2D eigenvalue weighted by Gasteiger charge is -2.15. The van der Waals surface area contributed by atoms with E-state index < -0.39 is 10.0 Å². The maximum Gasteiger partial charge on any atom is 0.248 e. The van der Waals surface area contributed by atoms with E-state index >= 15 is 0 Å². The molecule has 0 amide bonds. The van der Waals surface area contributed by atoms with Crippen molar-refractivity contribution >= 4 is 15.8 Å². The quantitative estimate of drug-likeness (QED) is 0.726. The molecule has 1 heterocycles. The number of nitrogens with zero attached hydrogens (tertiary/aromatic N) is 2. The molecule has 0 unspecified atom stereocenters. The van der Waals surface area contributed by atoms with E-state index in [9.17, 15) is 8.42 Å². The summed E-state index contributed by atoms with van der Waals surface area (Å²) in [5.74, 6) is 0.0855. The number of hydrogen-bond donors (Lipinski definition) is 2. The molecule has 0 atom stereocenters. The van der Waals surface area contributed by atoms with Crippen molar-refractivity contribution in [2.45, 2.75) is 31.1 Å². The molecule has 0 aliphatic rings. The van der Waals surface area contributed by atoms with Gasteiger partial charge in [-0.3, -0.25) is 5.10 Å². The van der Waals surface area contributed by atoms with Gasteiger partial charge in [0.25, 0.3) is 0 Å². The number of anilines is 1. The second kappa shape index (κ2) is 5.31. The highest BCUT2D eigenvalue weighted by Gasteiger charge is 2.24. The van der Waals surface area contributed by atoms with Gasteiger partial charge in [-0.05, 0) is 6.42 Å². The fourth-order valence-corrected chi connectivity index (χ4v) is 2.58. The smallest absolute Gasteiger partial charge is 0.248 e. The molecule has 1 rings (SSSR count). The summed E-state index contributed by atoms with van der Waals surface area (Å²) in [7, 11) is -1.94. The third kappa shape index (κ3) is 2.73. The van der Waals surface area contributed by atoms with Crippen molar-refractivity contribution in [3.8, 4) is 0 Å².